The van der Waals surface area contributed by atoms with Crippen molar-refractivity contribution in [2.24, 2.45) is 5.92 Å². The SMILES string of the molecule is CCCCCCC(CO)C(=O)OC. The number of ether oxygens (including phenoxy) is 1. The average Bonchev–Trinajstić information content (AvgIpc) is 2.17. The highest BCUT2D eigenvalue weighted by Gasteiger charge is 2.16. The van der Waals surface area contributed by atoms with Gasteiger partial charge in [-0.3, -0.25) is 4.79 Å². The largest absolute Gasteiger partial charge is 0.469 e. The van der Waals surface area contributed by atoms with Gasteiger partial charge in [-0.2, -0.15) is 0 Å². The Morgan fingerprint density at radius 1 is 1.38 bits per heavy atom. The maximum Gasteiger partial charge on any atom is 0.310 e. The fourth-order valence-electron chi connectivity index (χ4n) is 1.27. The Morgan fingerprint density at radius 2 is 2.08 bits per heavy atom. The minimum Gasteiger partial charge on any atom is -0.469 e. The van der Waals surface area contributed by atoms with Crippen molar-refractivity contribution in [2.75, 3.05) is 13.7 Å². The highest BCUT2D eigenvalue weighted by Crippen LogP contribution is 2.11. The molecule has 0 fully saturated rings. The molecule has 1 atom stereocenters. The van der Waals surface area contributed by atoms with E-state index in [2.05, 4.69) is 11.7 Å². The molecule has 0 aliphatic heterocycles. The van der Waals surface area contributed by atoms with Crippen LogP contribution in [0.5, 0.6) is 0 Å². The van der Waals surface area contributed by atoms with Crippen LogP contribution < -0.4 is 0 Å². The highest BCUT2D eigenvalue weighted by atomic mass is 16.5. The van der Waals surface area contributed by atoms with Crippen LogP contribution in [-0.4, -0.2) is 24.8 Å². The Morgan fingerprint density at radius 3 is 2.54 bits per heavy atom. The molecule has 0 radical (unpaired) electrons. The van der Waals surface area contributed by atoms with Crippen LogP contribution in [0.4, 0.5) is 0 Å². The molecule has 0 rings (SSSR count). The molecule has 0 saturated carbocycles. The molecule has 0 aromatic rings. The Balaban J connectivity index is 3.53. The highest BCUT2D eigenvalue weighted by molar-refractivity contribution is 5.72. The summed E-state index contributed by atoms with van der Waals surface area (Å²) in [6.07, 6.45) is 5.24. The van der Waals surface area contributed by atoms with Crippen molar-refractivity contribution in [3.8, 4) is 0 Å². The van der Waals surface area contributed by atoms with Crippen molar-refractivity contribution in [1.82, 2.24) is 0 Å². The molecule has 0 heterocycles. The fourth-order valence-corrected chi connectivity index (χ4v) is 1.27. The van der Waals surface area contributed by atoms with Gasteiger partial charge in [0.05, 0.1) is 19.6 Å². The van der Waals surface area contributed by atoms with Gasteiger partial charge >= 0.3 is 5.97 Å². The number of aliphatic hydroxyl groups excluding tert-OH is 1. The van der Waals surface area contributed by atoms with E-state index in [-0.39, 0.29) is 18.5 Å². The Kier molecular flexibility index (Phi) is 7.69. The number of carbonyl (C=O) groups excluding carboxylic acids is 1. The van der Waals surface area contributed by atoms with Gasteiger partial charge in [0.2, 0.25) is 0 Å². The Hall–Kier alpha value is -0.570. The molecule has 0 amide bonds. The van der Waals surface area contributed by atoms with Gasteiger partial charge in [-0.1, -0.05) is 32.6 Å². The minimum atomic E-state index is -0.318. The van der Waals surface area contributed by atoms with Gasteiger partial charge in [0, 0.05) is 0 Å². The molecule has 0 spiro atoms. The second kappa shape index (κ2) is 8.05. The zero-order chi connectivity index (χ0) is 10.1. The number of carbonyl (C=O) groups is 1. The van der Waals surface area contributed by atoms with E-state index in [9.17, 15) is 4.79 Å². The van der Waals surface area contributed by atoms with Crippen LogP contribution in [-0.2, 0) is 9.53 Å². The van der Waals surface area contributed by atoms with Crippen LogP contribution in [0.15, 0.2) is 0 Å². The smallest absolute Gasteiger partial charge is 0.310 e. The molecule has 0 aromatic heterocycles. The zero-order valence-corrected chi connectivity index (χ0v) is 8.58. The van der Waals surface area contributed by atoms with E-state index in [4.69, 9.17) is 5.11 Å². The third-order valence-corrected chi connectivity index (χ3v) is 2.16. The van der Waals surface area contributed by atoms with E-state index in [0.29, 0.717) is 0 Å². The number of methoxy groups -OCH3 is 1. The lowest BCUT2D eigenvalue weighted by Gasteiger charge is -2.10. The van der Waals surface area contributed by atoms with E-state index in [1.54, 1.807) is 0 Å². The number of hydrogen-bond donors (Lipinski definition) is 1. The third kappa shape index (κ3) is 5.64. The maximum absolute atomic E-state index is 11.0. The molecule has 0 bridgehead atoms. The van der Waals surface area contributed by atoms with Crippen molar-refractivity contribution < 1.29 is 14.6 Å². The normalized spacial score (nSPS) is 12.5. The van der Waals surface area contributed by atoms with Gasteiger partial charge in [-0.25, -0.2) is 0 Å². The summed E-state index contributed by atoms with van der Waals surface area (Å²) in [6.45, 7) is 2.04. The average molecular weight is 188 g/mol. The first-order valence-corrected chi connectivity index (χ1v) is 4.95. The molecule has 13 heavy (non-hydrogen) atoms. The van der Waals surface area contributed by atoms with Crippen molar-refractivity contribution in [1.29, 1.82) is 0 Å². The van der Waals surface area contributed by atoms with Gasteiger partial charge in [0.25, 0.3) is 0 Å². The predicted molar refractivity (Wildman–Crippen MR) is 51.4 cm³/mol. The van der Waals surface area contributed by atoms with Crippen LogP contribution >= 0.6 is 0 Å². The minimum absolute atomic E-state index is 0.0984. The molecule has 78 valence electrons. The van der Waals surface area contributed by atoms with Crippen LogP contribution in [0.25, 0.3) is 0 Å². The number of unbranched alkanes of at least 4 members (excludes halogenated alkanes) is 3. The quantitative estimate of drug-likeness (QED) is 0.489. The molecule has 0 aliphatic rings. The number of hydrogen-bond acceptors (Lipinski definition) is 3. The van der Waals surface area contributed by atoms with Crippen molar-refractivity contribution in [3.05, 3.63) is 0 Å². The van der Waals surface area contributed by atoms with Gasteiger partial charge in [0.1, 0.15) is 0 Å². The summed E-state index contributed by atoms with van der Waals surface area (Å²) < 4.78 is 4.56. The van der Waals surface area contributed by atoms with Crippen molar-refractivity contribution in [3.63, 3.8) is 0 Å². The van der Waals surface area contributed by atoms with Gasteiger partial charge < -0.3 is 9.84 Å². The first-order valence-electron chi connectivity index (χ1n) is 4.95. The summed E-state index contributed by atoms with van der Waals surface area (Å²) in [5.74, 6) is -0.610. The summed E-state index contributed by atoms with van der Waals surface area (Å²) >= 11 is 0. The summed E-state index contributed by atoms with van der Waals surface area (Å²) in [5.41, 5.74) is 0. The molecule has 0 aliphatic carbocycles. The first kappa shape index (κ1) is 12.4. The molecule has 3 heteroatoms. The molecular weight excluding hydrogens is 168 g/mol. The first-order chi connectivity index (χ1) is 6.26. The monoisotopic (exact) mass is 188 g/mol. The fraction of sp³-hybridized carbons (Fsp3) is 0.900. The second-order valence-corrected chi connectivity index (χ2v) is 3.25. The van der Waals surface area contributed by atoms with E-state index in [1.165, 1.54) is 20.0 Å². The molecule has 1 N–H and O–H groups in total. The summed E-state index contributed by atoms with van der Waals surface area (Å²) in [7, 11) is 1.36. The van der Waals surface area contributed by atoms with Crippen molar-refractivity contribution >= 4 is 5.97 Å². The molecular formula is C10H20O3. The Bertz CT molecular complexity index is 134. The van der Waals surface area contributed by atoms with E-state index >= 15 is 0 Å². The van der Waals surface area contributed by atoms with Gasteiger partial charge in [-0.15, -0.1) is 0 Å². The molecule has 0 saturated heterocycles. The van der Waals surface area contributed by atoms with Crippen LogP contribution in [0.2, 0.25) is 0 Å². The maximum atomic E-state index is 11.0. The summed E-state index contributed by atoms with van der Waals surface area (Å²) in [5, 5.41) is 8.88. The van der Waals surface area contributed by atoms with Crippen molar-refractivity contribution in [2.45, 2.75) is 39.0 Å². The summed E-state index contributed by atoms with van der Waals surface area (Å²) in [6, 6.07) is 0. The second-order valence-electron chi connectivity index (χ2n) is 3.25. The molecule has 3 nitrogen and oxygen atoms in total. The predicted octanol–water partition coefficient (Wildman–Crippen LogP) is 1.74. The van der Waals surface area contributed by atoms with Crippen LogP contribution in [0.1, 0.15) is 39.0 Å². The van der Waals surface area contributed by atoms with Gasteiger partial charge in [-0.05, 0) is 6.42 Å². The molecule has 1 unspecified atom stereocenters. The van der Waals surface area contributed by atoms with Crippen LogP contribution in [0, 0.1) is 5.92 Å². The van der Waals surface area contributed by atoms with E-state index < -0.39 is 0 Å². The number of esters is 1. The number of rotatable bonds is 7. The topological polar surface area (TPSA) is 46.5 Å². The lowest BCUT2D eigenvalue weighted by Crippen LogP contribution is -2.19. The van der Waals surface area contributed by atoms with E-state index in [1.807, 2.05) is 0 Å². The van der Waals surface area contributed by atoms with Crippen LogP contribution in [0.3, 0.4) is 0 Å². The lowest BCUT2D eigenvalue weighted by molar-refractivity contribution is -0.147. The third-order valence-electron chi connectivity index (χ3n) is 2.16. The molecule has 0 aromatic carbocycles. The standard InChI is InChI=1S/C10H20O3/c1-3-4-5-6-7-9(8-11)10(12)13-2/h9,11H,3-8H2,1-2H3. The van der Waals surface area contributed by atoms with E-state index in [0.717, 1.165) is 19.3 Å². The summed E-state index contributed by atoms with van der Waals surface area (Å²) in [4.78, 5) is 11.0. The lowest BCUT2D eigenvalue weighted by atomic mass is 10.0. The Labute approximate surface area is 80.1 Å². The number of aliphatic hydroxyl groups is 1. The zero-order valence-electron chi connectivity index (χ0n) is 8.58. The van der Waals surface area contributed by atoms with Gasteiger partial charge in [0.15, 0.2) is 0 Å².